The number of anilines is 1. The van der Waals surface area contributed by atoms with E-state index in [1.165, 1.54) is 7.11 Å². The molecule has 0 aliphatic carbocycles. The Morgan fingerprint density at radius 2 is 2.21 bits per heavy atom. The molecule has 1 unspecified atom stereocenters. The van der Waals surface area contributed by atoms with E-state index in [0.29, 0.717) is 23.8 Å². The Morgan fingerprint density at radius 1 is 1.46 bits per heavy atom. The zero-order valence-electron chi connectivity index (χ0n) is 13.6. The second-order valence-electron chi connectivity index (χ2n) is 5.72. The molecule has 130 valence electrons. The van der Waals surface area contributed by atoms with Gasteiger partial charge in [-0.2, -0.15) is 0 Å². The molecule has 1 aliphatic rings. The molecule has 0 aromatic heterocycles. The molecule has 7 nitrogen and oxygen atoms in total. The topological polar surface area (TPSA) is 88.9 Å². The second kappa shape index (κ2) is 8.12. The molecule has 0 radical (unpaired) electrons. The minimum absolute atomic E-state index is 0.0507. The van der Waals surface area contributed by atoms with Crippen LogP contribution >= 0.6 is 11.6 Å². The summed E-state index contributed by atoms with van der Waals surface area (Å²) in [6.07, 6.45) is -0.0507. The quantitative estimate of drug-likeness (QED) is 0.624. The summed E-state index contributed by atoms with van der Waals surface area (Å²) in [6.45, 7) is 2.99. The molecule has 2 atom stereocenters. The van der Waals surface area contributed by atoms with Crippen LogP contribution in [0.2, 0.25) is 5.02 Å². The molecule has 1 saturated heterocycles. The highest BCUT2D eigenvalue weighted by Crippen LogP contribution is 2.19. The van der Waals surface area contributed by atoms with E-state index in [4.69, 9.17) is 11.6 Å². The van der Waals surface area contributed by atoms with Crippen LogP contribution < -0.4 is 15.5 Å². The maximum atomic E-state index is 12.3. The molecule has 8 heteroatoms. The molecule has 2 rings (SSSR count). The van der Waals surface area contributed by atoms with Crippen LogP contribution in [0.15, 0.2) is 18.2 Å². The van der Waals surface area contributed by atoms with E-state index >= 15 is 0 Å². The molecule has 1 aromatic rings. The zero-order valence-corrected chi connectivity index (χ0v) is 14.4. The number of esters is 1. The van der Waals surface area contributed by atoms with Crippen LogP contribution in [0.1, 0.15) is 12.0 Å². The SMILES string of the molecule is COC(=O)C[C@@H]1C(=O)NCC[NH+]1CC(=O)Nc1ccc(Cl)cc1C. The number of carbonyl (C=O) groups is 3. The summed E-state index contributed by atoms with van der Waals surface area (Å²) < 4.78 is 4.63. The van der Waals surface area contributed by atoms with Crippen molar-refractivity contribution in [3.8, 4) is 0 Å². The summed E-state index contributed by atoms with van der Waals surface area (Å²) >= 11 is 5.90. The van der Waals surface area contributed by atoms with Gasteiger partial charge in [-0.1, -0.05) is 11.6 Å². The Morgan fingerprint density at radius 3 is 2.88 bits per heavy atom. The van der Waals surface area contributed by atoms with E-state index in [1.54, 1.807) is 18.2 Å². The Balaban J connectivity index is 2.02. The number of rotatable bonds is 5. The van der Waals surface area contributed by atoms with Gasteiger partial charge in [0.1, 0.15) is 6.42 Å². The summed E-state index contributed by atoms with van der Waals surface area (Å²) in [4.78, 5) is 36.6. The number of aryl methyl sites for hydroxylation is 1. The van der Waals surface area contributed by atoms with Gasteiger partial charge in [0.15, 0.2) is 12.6 Å². The molecule has 24 heavy (non-hydrogen) atoms. The normalized spacial score (nSPS) is 20.2. The first-order valence-electron chi connectivity index (χ1n) is 7.66. The first-order chi connectivity index (χ1) is 11.4. The third kappa shape index (κ3) is 4.69. The van der Waals surface area contributed by atoms with E-state index in [-0.39, 0.29) is 24.8 Å². The van der Waals surface area contributed by atoms with Crippen LogP contribution in [-0.2, 0) is 19.1 Å². The highest BCUT2D eigenvalue weighted by molar-refractivity contribution is 6.30. The van der Waals surface area contributed by atoms with E-state index in [0.717, 1.165) is 10.5 Å². The number of quaternary nitrogens is 1. The summed E-state index contributed by atoms with van der Waals surface area (Å²) in [5.74, 6) is -0.930. The van der Waals surface area contributed by atoms with Gasteiger partial charge in [0.05, 0.1) is 20.2 Å². The van der Waals surface area contributed by atoms with Crippen LogP contribution in [-0.4, -0.2) is 50.6 Å². The van der Waals surface area contributed by atoms with Crippen LogP contribution in [0.3, 0.4) is 0 Å². The molecule has 1 aromatic carbocycles. The third-order valence-electron chi connectivity index (χ3n) is 4.00. The first-order valence-corrected chi connectivity index (χ1v) is 8.03. The van der Waals surface area contributed by atoms with Crippen LogP contribution in [0.25, 0.3) is 0 Å². The standard InChI is InChI=1S/C16H20ClN3O4/c1-10-7-11(17)3-4-12(10)19-14(21)9-20-6-5-18-16(23)13(20)8-15(22)24-2/h3-4,7,13H,5-6,8-9H2,1-2H3,(H,18,23)(H,19,21)/p+1/t13-/m1/s1. The summed E-state index contributed by atoms with van der Waals surface area (Å²) in [5, 5.41) is 6.14. The monoisotopic (exact) mass is 354 g/mol. The van der Waals surface area contributed by atoms with E-state index < -0.39 is 12.0 Å². The lowest BCUT2D eigenvalue weighted by Crippen LogP contribution is -3.20. The Hall–Kier alpha value is -2.12. The van der Waals surface area contributed by atoms with Crippen LogP contribution in [0.4, 0.5) is 5.69 Å². The fourth-order valence-electron chi connectivity index (χ4n) is 2.70. The van der Waals surface area contributed by atoms with E-state index in [1.807, 2.05) is 6.92 Å². The van der Waals surface area contributed by atoms with Crippen molar-refractivity contribution in [1.82, 2.24) is 5.32 Å². The number of hydrogen-bond donors (Lipinski definition) is 3. The van der Waals surface area contributed by atoms with Crippen molar-refractivity contribution >= 4 is 35.1 Å². The average molecular weight is 355 g/mol. The maximum absolute atomic E-state index is 12.3. The maximum Gasteiger partial charge on any atom is 0.312 e. The van der Waals surface area contributed by atoms with Gasteiger partial charge >= 0.3 is 5.97 Å². The van der Waals surface area contributed by atoms with Crippen LogP contribution in [0.5, 0.6) is 0 Å². The second-order valence-corrected chi connectivity index (χ2v) is 6.15. The molecule has 1 heterocycles. The predicted octanol–water partition coefficient (Wildman–Crippen LogP) is -0.467. The van der Waals surface area contributed by atoms with Gasteiger partial charge in [-0.3, -0.25) is 14.4 Å². The third-order valence-corrected chi connectivity index (χ3v) is 4.24. The lowest BCUT2D eigenvalue weighted by atomic mass is 10.1. The Labute approximate surface area is 145 Å². The van der Waals surface area contributed by atoms with Gasteiger partial charge < -0.3 is 20.3 Å². The van der Waals surface area contributed by atoms with Crippen molar-refractivity contribution in [2.75, 3.05) is 32.1 Å². The molecule has 0 bridgehead atoms. The van der Waals surface area contributed by atoms with Gasteiger partial charge in [0.2, 0.25) is 0 Å². The number of piperazine rings is 1. The minimum Gasteiger partial charge on any atom is -0.469 e. The molecular formula is C16H21ClN3O4+. The highest BCUT2D eigenvalue weighted by atomic mass is 35.5. The molecular weight excluding hydrogens is 334 g/mol. The van der Waals surface area contributed by atoms with Gasteiger partial charge in [-0.25, -0.2) is 0 Å². The Bertz CT molecular complexity index is 650. The summed E-state index contributed by atoms with van der Waals surface area (Å²) in [7, 11) is 1.28. The molecule has 3 N–H and O–H groups in total. The largest absolute Gasteiger partial charge is 0.469 e. The molecule has 1 aliphatic heterocycles. The Kier molecular flexibility index (Phi) is 6.16. The molecule has 2 amide bonds. The van der Waals surface area contributed by atoms with Crippen molar-refractivity contribution in [3.05, 3.63) is 28.8 Å². The van der Waals surface area contributed by atoms with E-state index in [2.05, 4.69) is 15.4 Å². The van der Waals surface area contributed by atoms with Gasteiger partial charge in [-0.15, -0.1) is 0 Å². The van der Waals surface area contributed by atoms with Gasteiger partial charge in [-0.05, 0) is 30.7 Å². The number of nitrogens with one attached hydrogen (secondary N) is 3. The van der Waals surface area contributed by atoms with Crippen molar-refractivity contribution in [1.29, 1.82) is 0 Å². The van der Waals surface area contributed by atoms with Gasteiger partial charge in [0, 0.05) is 10.7 Å². The number of hydrogen-bond acceptors (Lipinski definition) is 4. The van der Waals surface area contributed by atoms with E-state index in [9.17, 15) is 14.4 Å². The fraction of sp³-hybridized carbons (Fsp3) is 0.438. The minimum atomic E-state index is -0.622. The summed E-state index contributed by atoms with van der Waals surface area (Å²) in [6, 6.07) is 4.58. The first kappa shape index (κ1) is 18.2. The average Bonchev–Trinajstić information content (AvgIpc) is 2.53. The smallest absolute Gasteiger partial charge is 0.312 e. The number of carbonyl (C=O) groups excluding carboxylic acids is 3. The predicted molar refractivity (Wildman–Crippen MR) is 88.9 cm³/mol. The lowest BCUT2D eigenvalue weighted by Gasteiger charge is -2.30. The van der Waals surface area contributed by atoms with Crippen LogP contribution in [0, 0.1) is 6.92 Å². The number of benzene rings is 1. The molecule has 0 saturated carbocycles. The number of halogens is 1. The number of amides is 2. The van der Waals surface area contributed by atoms with Crippen molar-refractivity contribution in [3.63, 3.8) is 0 Å². The van der Waals surface area contributed by atoms with Crippen molar-refractivity contribution in [2.45, 2.75) is 19.4 Å². The zero-order chi connectivity index (χ0) is 17.7. The molecule has 1 fully saturated rings. The van der Waals surface area contributed by atoms with Crippen molar-refractivity contribution < 1.29 is 24.0 Å². The number of ether oxygens (including phenoxy) is 1. The lowest BCUT2D eigenvalue weighted by molar-refractivity contribution is -0.909. The number of methoxy groups -OCH3 is 1. The fourth-order valence-corrected chi connectivity index (χ4v) is 2.92. The van der Waals surface area contributed by atoms with Crippen molar-refractivity contribution in [2.24, 2.45) is 0 Å². The molecule has 0 spiro atoms. The summed E-state index contributed by atoms with van der Waals surface area (Å²) in [5.41, 5.74) is 1.53. The highest BCUT2D eigenvalue weighted by Gasteiger charge is 2.36. The van der Waals surface area contributed by atoms with Gasteiger partial charge in [0.25, 0.3) is 11.8 Å².